The number of hydrogen-bond acceptors (Lipinski definition) is 3. The van der Waals surface area contributed by atoms with Gasteiger partial charge in [-0.15, -0.1) is 0 Å². The van der Waals surface area contributed by atoms with E-state index >= 15 is 0 Å². The van der Waals surface area contributed by atoms with Gasteiger partial charge < -0.3 is 5.32 Å². The summed E-state index contributed by atoms with van der Waals surface area (Å²) in [4.78, 5) is 26.9. The standard InChI is InChI=1S/C17H20N2O2/c20-16-11-5-1-2-6-12(11)17(21)19(16)15-9-3-8-14-13(15)7-4-10-18-14/h3,8-9,11-12,18H,1-2,4-7,10H2. The number of amides is 2. The molecule has 21 heavy (non-hydrogen) atoms. The van der Waals surface area contributed by atoms with Crippen molar-refractivity contribution in [2.24, 2.45) is 11.8 Å². The summed E-state index contributed by atoms with van der Waals surface area (Å²) >= 11 is 0. The molecule has 0 spiro atoms. The summed E-state index contributed by atoms with van der Waals surface area (Å²) < 4.78 is 0. The molecule has 3 aliphatic rings. The van der Waals surface area contributed by atoms with E-state index in [9.17, 15) is 9.59 Å². The molecule has 1 aromatic rings. The van der Waals surface area contributed by atoms with Crippen LogP contribution in [0.5, 0.6) is 0 Å². The van der Waals surface area contributed by atoms with E-state index in [1.165, 1.54) is 4.90 Å². The highest BCUT2D eigenvalue weighted by Gasteiger charge is 2.49. The first kappa shape index (κ1) is 12.9. The lowest BCUT2D eigenvalue weighted by Gasteiger charge is -2.25. The molecule has 2 fully saturated rings. The minimum Gasteiger partial charge on any atom is -0.385 e. The summed E-state index contributed by atoms with van der Waals surface area (Å²) in [6, 6.07) is 5.91. The van der Waals surface area contributed by atoms with E-state index in [2.05, 4.69) is 5.32 Å². The Labute approximate surface area is 124 Å². The normalized spacial score (nSPS) is 28.1. The van der Waals surface area contributed by atoms with Gasteiger partial charge in [0.25, 0.3) is 0 Å². The number of nitrogens with zero attached hydrogens (tertiary/aromatic N) is 1. The molecule has 110 valence electrons. The second-order valence-corrected chi connectivity index (χ2v) is 6.34. The van der Waals surface area contributed by atoms with Crippen molar-refractivity contribution in [1.82, 2.24) is 0 Å². The number of rotatable bonds is 1. The van der Waals surface area contributed by atoms with Crippen molar-refractivity contribution in [3.05, 3.63) is 23.8 Å². The van der Waals surface area contributed by atoms with Crippen LogP contribution in [0.15, 0.2) is 18.2 Å². The molecule has 2 aliphatic heterocycles. The summed E-state index contributed by atoms with van der Waals surface area (Å²) in [7, 11) is 0. The van der Waals surface area contributed by atoms with Crippen molar-refractivity contribution in [1.29, 1.82) is 0 Å². The molecule has 1 saturated heterocycles. The van der Waals surface area contributed by atoms with Crippen LogP contribution in [0.3, 0.4) is 0 Å². The Morgan fingerprint density at radius 2 is 1.71 bits per heavy atom. The van der Waals surface area contributed by atoms with Gasteiger partial charge in [0.2, 0.25) is 11.8 Å². The topological polar surface area (TPSA) is 49.4 Å². The Kier molecular flexibility index (Phi) is 2.98. The highest BCUT2D eigenvalue weighted by molar-refractivity contribution is 6.22. The zero-order valence-electron chi connectivity index (χ0n) is 12.1. The van der Waals surface area contributed by atoms with Gasteiger partial charge in [-0.1, -0.05) is 18.9 Å². The number of fused-ring (bicyclic) bond motifs is 2. The summed E-state index contributed by atoms with van der Waals surface area (Å²) in [6.45, 7) is 0.962. The van der Waals surface area contributed by atoms with Crippen LogP contribution >= 0.6 is 0 Å². The summed E-state index contributed by atoms with van der Waals surface area (Å²) in [5.41, 5.74) is 3.03. The molecule has 4 rings (SSSR count). The predicted octanol–water partition coefficient (Wildman–Crippen LogP) is 2.72. The first-order chi connectivity index (χ1) is 10.3. The fourth-order valence-corrected chi connectivity index (χ4v) is 4.10. The van der Waals surface area contributed by atoms with Crippen molar-refractivity contribution in [3.63, 3.8) is 0 Å². The van der Waals surface area contributed by atoms with E-state index in [4.69, 9.17) is 0 Å². The molecule has 0 radical (unpaired) electrons. The van der Waals surface area contributed by atoms with Crippen LogP contribution in [0.1, 0.15) is 37.7 Å². The quantitative estimate of drug-likeness (QED) is 0.807. The summed E-state index contributed by atoms with van der Waals surface area (Å²) in [5.74, 6) is -0.0790. The van der Waals surface area contributed by atoms with Crippen molar-refractivity contribution < 1.29 is 9.59 Å². The first-order valence-electron chi connectivity index (χ1n) is 8.01. The van der Waals surface area contributed by atoms with Crippen LogP contribution in [-0.2, 0) is 16.0 Å². The van der Waals surface area contributed by atoms with Crippen LogP contribution in [0.2, 0.25) is 0 Å². The maximum Gasteiger partial charge on any atom is 0.237 e. The third-order valence-corrected chi connectivity index (χ3v) is 5.15. The maximum absolute atomic E-state index is 12.7. The van der Waals surface area contributed by atoms with Gasteiger partial charge in [-0.2, -0.15) is 0 Å². The van der Waals surface area contributed by atoms with Gasteiger partial charge in [0, 0.05) is 12.2 Å². The number of nitrogens with one attached hydrogen (secondary N) is 1. The smallest absolute Gasteiger partial charge is 0.237 e. The van der Waals surface area contributed by atoms with Crippen LogP contribution in [0.25, 0.3) is 0 Å². The fraction of sp³-hybridized carbons (Fsp3) is 0.529. The van der Waals surface area contributed by atoms with Gasteiger partial charge in [0.1, 0.15) is 0 Å². The van der Waals surface area contributed by atoms with E-state index < -0.39 is 0 Å². The molecule has 1 aromatic carbocycles. The summed E-state index contributed by atoms with van der Waals surface area (Å²) in [6.07, 6.45) is 5.88. The average Bonchev–Trinajstić information content (AvgIpc) is 2.79. The van der Waals surface area contributed by atoms with Crippen LogP contribution < -0.4 is 10.2 Å². The third-order valence-electron chi connectivity index (χ3n) is 5.15. The molecular formula is C17H20N2O2. The lowest BCUT2D eigenvalue weighted by atomic mass is 9.81. The Balaban J connectivity index is 1.76. The van der Waals surface area contributed by atoms with Gasteiger partial charge in [0.15, 0.2) is 0 Å². The number of anilines is 2. The van der Waals surface area contributed by atoms with E-state index in [-0.39, 0.29) is 23.7 Å². The average molecular weight is 284 g/mol. The Morgan fingerprint density at radius 3 is 2.43 bits per heavy atom. The van der Waals surface area contributed by atoms with E-state index in [0.29, 0.717) is 0 Å². The zero-order valence-corrected chi connectivity index (χ0v) is 12.1. The second-order valence-electron chi connectivity index (χ2n) is 6.34. The van der Waals surface area contributed by atoms with Crippen LogP contribution in [0, 0.1) is 11.8 Å². The minimum absolute atomic E-state index is 0.0312. The molecule has 1 aliphatic carbocycles. The largest absolute Gasteiger partial charge is 0.385 e. The van der Waals surface area contributed by atoms with E-state index in [1.807, 2.05) is 18.2 Å². The SMILES string of the molecule is O=C1C2CCCCC2C(=O)N1c1cccc2c1CCCN2. The molecule has 2 amide bonds. The van der Waals surface area contributed by atoms with Crippen molar-refractivity contribution in [2.45, 2.75) is 38.5 Å². The van der Waals surface area contributed by atoms with Crippen molar-refractivity contribution >= 4 is 23.2 Å². The number of carbonyl (C=O) groups is 2. The minimum atomic E-state index is -0.0707. The van der Waals surface area contributed by atoms with E-state index in [0.717, 1.165) is 62.0 Å². The lowest BCUT2D eigenvalue weighted by molar-refractivity contribution is -0.122. The highest BCUT2D eigenvalue weighted by Crippen LogP contribution is 2.42. The van der Waals surface area contributed by atoms with Crippen LogP contribution in [0.4, 0.5) is 11.4 Å². The number of imide groups is 1. The van der Waals surface area contributed by atoms with Crippen molar-refractivity contribution in [3.8, 4) is 0 Å². The monoisotopic (exact) mass is 284 g/mol. The molecule has 2 heterocycles. The molecular weight excluding hydrogens is 264 g/mol. The molecule has 1 saturated carbocycles. The summed E-state index contributed by atoms with van der Waals surface area (Å²) in [5, 5.41) is 3.37. The van der Waals surface area contributed by atoms with Crippen molar-refractivity contribution in [2.75, 3.05) is 16.8 Å². The van der Waals surface area contributed by atoms with E-state index in [1.54, 1.807) is 0 Å². The van der Waals surface area contributed by atoms with Gasteiger partial charge in [-0.3, -0.25) is 9.59 Å². The number of benzene rings is 1. The first-order valence-corrected chi connectivity index (χ1v) is 8.01. The molecule has 0 aromatic heterocycles. The Bertz CT molecular complexity index is 587. The fourth-order valence-electron chi connectivity index (χ4n) is 4.10. The Morgan fingerprint density at radius 1 is 1.00 bits per heavy atom. The highest BCUT2D eigenvalue weighted by atomic mass is 16.2. The van der Waals surface area contributed by atoms with Crippen LogP contribution in [-0.4, -0.2) is 18.4 Å². The van der Waals surface area contributed by atoms with Gasteiger partial charge in [0.05, 0.1) is 17.5 Å². The lowest BCUT2D eigenvalue weighted by Crippen LogP contribution is -2.32. The number of carbonyl (C=O) groups excluding carboxylic acids is 2. The van der Waals surface area contributed by atoms with Gasteiger partial charge >= 0.3 is 0 Å². The molecule has 0 bridgehead atoms. The number of hydrogen-bond donors (Lipinski definition) is 1. The predicted molar refractivity (Wildman–Crippen MR) is 81.2 cm³/mol. The molecule has 2 unspecified atom stereocenters. The third kappa shape index (κ3) is 1.88. The van der Waals surface area contributed by atoms with Gasteiger partial charge in [-0.25, -0.2) is 4.90 Å². The van der Waals surface area contributed by atoms with Gasteiger partial charge in [-0.05, 0) is 43.4 Å². The molecule has 1 N–H and O–H groups in total. The molecule has 2 atom stereocenters. The zero-order chi connectivity index (χ0) is 14.4. The Hall–Kier alpha value is -1.84. The second kappa shape index (κ2) is 4.86. The maximum atomic E-state index is 12.7. The molecule has 4 heteroatoms. The molecule has 4 nitrogen and oxygen atoms in total.